The highest BCUT2D eigenvalue weighted by Gasteiger charge is 2.32. The van der Waals surface area contributed by atoms with E-state index in [0.717, 1.165) is 53.1 Å². The molecule has 0 amide bonds. The Labute approximate surface area is 192 Å². The molecule has 0 spiro atoms. The number of hydrogen-bond acceptors (Lipinski definition) is 4. The monoisotopic (exact) mass is 479 g/mol. The molecule has 2 heterocycles. The van der Waals surface area contributed by atoms with Crippen LogP contribution in [0.2, 0.25) is 0 Å². The van der Waals surface area contributed by atoms with E-state index in [4.69, 9.17) is 0 Å². The fraction of sp³-hybridized carbons (Fsp3) is 0.417. The van der Waals surface area contributed by atoms with Crippen LogP contribution >= 0.6 is 0 Å². The molecule has 0 aliphatic carbocycles. The number of fused-ring (bicyclic) bond motifs is 1. The number of aromatic nitrogens is 1. The Morgan fingerprint density at radius 1 is 1.03 bits per heavy atom. The highest BCUT2D eigenvalue weighted by molar-refractivity contribution is 7.90. The molecule has 178 valence electrons. The first-order valence-electron chi connectivity index (χ1n) is 11.0. The van der Waals surface area contributed by atoms with Gasteiger partial charge in [0.2, 0.25) is 0 Å². The lowest BCUT2D eigenvalue weighted by atomic mass is 10.00. The molecule has 3 aromatic rings. The summed E-state index contributed by atoms with van der Waals surface area (Å²) in [6.07, 6.45) is -1.18. The SMILES string of the molecule is CC(C)N(c1cccc2c1ccn2S(=O)(=O)c1cccc(C(F)(F)F)c1)C1CCN(C)CC1. The molecule has 0 N–H and O–H groups in total. The summed E-state index contributed by atoms with van der Waals surface area (Å²) in [7, 11) is -2.10. The van der Waals surface area contributed by atoms with Crippen molar-refractivity contribution in [2.24, 2.45) is 0 Å². The van der Waals surface area contributed by atoms with Crippen LogP contribution in [-0.2, 0) is 16.2 Å². The predicted molar refractivity (Wildman–Crippen MR) is 124 cm³/mol. The van der Waals surface area contributed by atoms with E-state index in [2.05, 4.69) is 30.7 Å². The van der Waals surface area contributed by atoms with Gasteiger partial charge in [-0.15, -0.1) is 0 Å². The van der Waals surface area contributed by atoms with Crippen LogP contribution in [0.4, 0.5) is 18.9 Å². The van der Waals surface area contributed by atoms with Crippen molar-refractivity contribution in [2.75, 3.05) is 25.0 Å². The molecule has 1 aliphatic heterocycles. The molecule has 4 rings (SSSR count). The Morgan fingerprint density at radius 2 is 1.70 bits per heavy atom. The van der Waals surface area contributed by atoms with Crippen LogP contribution in [0, 0.1) is 0 Å². The van der Waals surface area contributed by atoms with Gasteiger partial charge in [-0.1, -0.05) is 12.1 Å². The van der Waals surface area contributed by atoms with Gasteiger partial charge >= 0.3 is 6.18 Å². The molecular formula is C24H28F3N3O2S. The van der Waals surface area contributed by atoms with Gasteiger partial charge in [-0.3, -0.25) is 0 Å². The normalized spacial score (nSPS) is 16.6. The number of rotatable bonds is 5. The first-order valence-corrected chi connectivity index (χ1v) is 12.4. The summed E-state index contributed by atoms with van der Waals surface area (Å²) in [5.41, 5.74) is 0.396. The van der Waals surface area contributed by atoms with E-state index in [-0.39, 0.29) is 6.04 Å². The van der Waals surface area contributed by atoms with Crippen molar-refractivity contribution in [1.82, 2.24) is 8.87 Å². The van der Waals surface area contributed by atoms with E-state index < -0.39 is 26.7 Å². The maximum absolute atomic E-state index is 13.3. The lowest BCUT2D eigenvalue weighted by Gasteiger charge is -2.41. The van der Waals surface area contributed by atoms with Crippen molar-refractivity contribution < 1.29 is 21.6 Å². The molecule has 0 atom stereocenters. The van der Waals surface area contributed by atoms with E-state index in [1.54, 1.807) is 18.2 Å². The Morgan fingerprint density at radius 3 is 2.33 bits per heavy atom. The molecule has 33 heavy (non-hydrogen) atoms. The number of hydrogen-bond donors (Lipinski definition) is 0. The Kier molecular flexibility index (Phi) is 6.22. The number of nitrogens with zero attached hydrogens (tertiary/aromatic N) is 3. The minimum atomic E-state index is -4.62. The molecule has 0 unspecified atom stereocenters. The minimum Gasteiger partial charge on any atom is -0.365 e. The lowest BCUT2D eigenvalue weighted by Crippen LogP contribution is -2.47. The molecule has 1 saturated heterocycles. The van der Waals surface area contributed by atoms with Crippen LogP contribution in [0.5, 0.6) is 0 Å². The lowest BCUT2D eigenvalue weighted by molar-refractivity contribution is -0.137. The van der Waals surface area contributed by atoms with Gasteiger partial charge in [0.25, 0.3) is 10.0 Å². The number of anilines is 1. The van der Waals surface area contributed by atoms with Gasteiger partial charge in [-0.25, -0.2) is 12.4 Å². The van der Waals surface area contributed by atoms with E-state index in [0.29, 0.717) is 17.6 Å². The van der Waals surface area contributed by atoms with Crippen molar-refractivity contribution in [3.63, 3.8) is 0 Å². The van der Waals surface area contributed by atoms with Crippen molar-refractivity contribution in [1.29, 1.82) is 0 Å². The summed E-state index contributed by atoms with van der Waals surface area (Å²) in [5, 5.41) is 0.765. The van der Waals surface area contributed by atoms with Gasteiger partial charge < -0.3 is 9.80 Å². The van der Waals surface area contributed by atoms with E-state index >= 15 is 0 Å². The number of benzene rings is 2. The highest BCUT2D eigenvalue weighted by atomic mass is 32.2. The van der Waals surface area contributed by atoms with Crippen molar-refractivity contribution in [3.8, 4) is 0 Å². The summed E-state index contributed by atoms with van der Waals surface area (Å²) in [5.74, 6) is 0. The second-order valence-electron chi connectivity index (χ2n) is 8.89. The van der Waals surface area contributed by atoms with Gasteiger partial charge in [-0.05, 0) is 83.2 Å². The third-order valence-electron chi connectivity index (χ3n) is 6.31. The maximum Gasteiger partial charge on any atom is 0.416 e. The van der Waals surface area contributed by atoms with Gasteiger partial charge in [-0.2, -0.15) is 13.2 Å². The molecule has 0 bridgehead atoms. The Bertz CT molecular complexity index is 1240. The smallest absolute Gasteiger partial charge is 0.365 e. The second-order valence-corrected chi connectivity index (χ2v) is 10.7. The van der Waals surface area contributed by atoms with Crippen LogP contribution in [0.15, 0.2) is 59.6 Å². The first-order chi connectivity index (χ1) is 15.5. The summed E-state index contributed by atoms with van der Waals surface area (Å²) in [6.45, 7) is 6.23. The van der Waals surface area contributed by atoms with E-state index in [1.807, 2.05) is 6.07 Å². The van der Waals surface area contributed by atoms with Crippen LogP contribution in [-0.4, -0.2) is 49.5 Å². The zero-order valence-corrected chi connectivity index (χ0v) is 19.7. The molecule has 0 radical (unpaired) electrons. The highest BCUT2D eigenvalue weighted by Crippen LogP contribution is 2.35. The maximum atomic E-state index is 13.3. The minimum absolute atomic E-state index is 0.201. The second kappa shape index (κ2) is 8.68. The van der Waals surface area contributed by atoms with Crippen molar-refractivity contribution >= 4 is 26.6 Å². The fourth-order valence-electron chi connectivity index (χ4n) is 4.68. The van der Waals surface area contributed by atoms with Crippen molar-refractivity contribution in [2.45, 2.75) is 49.8 Å². The average Bonchev–Trinajstić information content (AvgIpc) is 3.20. The molecule has 0 saturated carbocycles. The number of piperidine rings is 1. The third-order valence-corrected chi connectivity index (χ3v) is 7.99. The standard InChI is InChI=1S/C24H28F3N3O2S/c1-17(2)30(19-10-13-28(3)14-11-19)23-9-5-8-22-21(23)12-15-29(22)33(31,32)20-7-4-6-18(16-20)24(25,26)27/h4-9,12,15-17,19H,10-11,13-14H2,1-3H3. The fourth-order valence-corrected chi connectivity index (χ4v) is 6.07. The average molecular weight is 480 g/mol. The molecule has 1 aromatic heterocycles. The van der Waals surface area contributed by atoms with Gasteiger partial charge in [0, 0.05) is 29.4 Å². The Balaban J connectivity index is 1.79. The predicted octanol–water partition coefficient (Wildman–Crippen LogP) is 5.21. The number of halogens is 3. The first kappa shape index (κ1) is 23.6. The van der Waals surface area contributed by atoms with Crippen LogP contribution in [0.1, 0.15) is 32.3 Å². The zero-order valence-electron chi connectivity index (χ0n) is 18.9. The zero-order chi connectivity index (χ0) is 24.0. The molecule has 9 heteroatoms. The quantitative estimate of drug-likeness (QED) is 0.504. The van der Waals surface area contributed by atoms with E-state index in [1.165, 1.54) is 12.3 Å². The van der Waals surface area contributed by atoms with Gasteiger partial charge in [0.1, 0.15) is 0 Å². The topological polar surface area (TPSA) is 45.6 Å². The number of alkyl halides is 3. The molecule has 5 nitrogen and oxygen atoms in total. The van der Waals surface area contributed by atoms with Crippen LogP contribution < -0.4 is 4.90 Å². The van der Waals surface area contributed by atoms with Gasteiger partial charge in [0.05, 0.1) is 16.0 Å². The molecule has 1 fully saturated rings. The molecular weight excluding hydrogens is 451 g/mol. The number of likely N-dealkylation sites (tertiary alicyclic amines) is 1. The third kappa shape index (κ3) is 4.48. The summed E-state index contributed by atoms with van der Waals surface area (Å²) in [4.78, 5) is 4.25. The molecule has 1 aliphatic rings. The summed E-state index contributed by atoms with van der Waals surface area (Å²) < 4.78 is 67.2. The summed E-state index contributed by atoms with van der Waals surface area (Å²) in [6, 6.07) is 11.6. The Hall–Kier alpha value is -2.52. The van der Waals surface area contributed by atoms with Crippen LogP contribution in [0.3, 0.4) is 0 Å². The van der Waals surface area contributed by atoms with E-state index in [9.17, 15) is 21.6 Å². The molecule has 2 aromatic carbocycles. The largest absolute Gasteiger partial charge is 0.416 e. The summed E-state index contributed by atoms with van der Waals surface area (Å²) >= 11 is 0. The van der Waals surface area contributed by atoms with Gasteiger partial charge in [0.15, 0.2) is 0 Å². The van der Waals surface area contributed by atoms with Crippen molar-refractivity contribution in [3.05, 3.63) is 60.3 Å². The van der Waals surface area contributed by atoms with Crippen LogP contribution in [0.25, 0.3) is 10.9 Å².